The van der Waals surface area contributed by atoms with Crippen LogP contribution in [0.5, 0.6) is 0 Å². The van der Waals surface area contributed by atoms with Crippen molar-refractivity contribution in [3.8, 4) is 0 Å². The molecule has 0 saturated carbocycles. The number of Topliss-reactive ketones (excluding diaryl/α,β-unsaturated/α-hetero) is 4. The Labute approximate surface area is 134 Å². The van der Waals surface area contributed by atoms with Gasteiger partial charge in [-0.05, 0) is 5.56 Å². The highest BCUT2D eigenvalue weighted by atomic mass is 16.2. The molecule has 0 aromatic heterocycles. The topological polar surface area (TPSA) is 68.3 Å². The highest BCUT2D eigenvalue weighted by Gasteiger charge is 2.35. The van der Waals surface area contributed by atoms with Crippen molar-refractivity contribution in [1.82, 2.24) is 0 Å². The van der Waals surface area contributed by atoms with Gasteiger partial charge in [0.25, 0.3) is 5.78 Å². The van der Waals surface area contributed by atoms with Crippen molar-refractivity contribution in [2.24, 2.45) is 0 Å². The van der Waals surface area contributed by atoms with Crippen LogP contribution in [-0.4, -0.2) is 23.1 Å². The molecule has 2 rings (SSSR count). The van der Waals surface area contributed by atoms with Crippen LogP contribution in [0.2, 0.25) is 0 Å². The van der Waals surface area contributed by atoms with E-state index in [9.17, 15) is 19.2 Å². The molecular weight excluding hydrogens is 292 g/mol. The van der Waals surface area contributed by atoms with Crippen LogP contribution < -0.4 is 0 Å². The highest BCUT2D eigenvalue weighted by molar-refractivity contribution is 6.69. The van der Waals surface area contributed by atoms with Crippen molar-refractivity contribution in [2.45, 2.75) is 19.3 Å². The van der Waals surface area contributed by atoms with Crippen LogP contribution in [0.1, 0.15) is 35.2 Å². The van der Waals surface area contributed by atoms with Crippen LogP contribution >= 0.6 is 0 Å². The van der Waals surface area contributed by atoms with Gasteiger partial charge in [-0.3, -0.25) is 19.2 Å². The summed E-state index contributed by atoms with van der Waals surface area (Å²) in [4.78, 5) is 49.0. The third-order valence-corrected chi connectivity index (χ3v) is 3.53. The molecule has 0 bridgehead atoms. The first-order valence-corrected chi connectivity index (χ1v) is 7.31. The van der Waals surface area contributed by atoms with Gasteiger partial charge in [0.1, 0.15) is 11.7 Å². The monoisotopic (exact) mass is 308 g/mol. The van der Waals surface area contributed by atoms with E-state index in [1.807, 2.05) is 0 Å². The molecule has 2 aromatic carbocycles. The van der Waals surface area contributed by atoms with Gasteiger partial charge in [-0.25, -0.2) is 0 Å². The molecular formula is C19H16O4. The van der Waals surface area contributed by atoms with E-state index in [-0.39, 0.29) is 17.8 Å². The molecule has 0 aliphatic carbocycles. The molecule has 1 atom stereocenters. The second kappa shape index (κ2) is 7.40. The van der Waals surface area contributed by atoms with Crippen LogP contribution in [-0.2, 0) is 14.4 Å². The maximum absolute atomic E-state index is 12.5. The Balaban J connectivity index is 2.33. The number of carbonyl (C=O) groups excluding carboxylic acids is 4. The lowest BCUT2D eigenvalue weighted by Crippen LogP contribution is -2.33. The van der Waals surface area contributed by atoms with E-state index in [1.54, 1.807) is 55.5 Å². The Kier molecular flexibility index (Phi) is 5.31. The molecule has 0 saturated heterocycles. The van der Waals surface area contributed by atoms with E-state index in [4.69, 9.17) is 0 Å². The summed E-state index contributed by atoms with van der Waals surface area (Å²) in [6.45, 7) is 1.62. The summed E-state index contributed by atoms with van der Waals surface area (Å²) in [5.74, 6) is -4.62. The standard InChI is InChI=1S/C19H16O4/c1-2-15(20)16(13-9-5-3-6-10-13)18(22)19(23)17(21)14-11-7-4-8-12-14/h3-12,16H,2H2,1H3. The van der Waals surface area contributed by atoms with Gasteiger partial charge in [0.2, 0.25) is 11.6 Å². The van der Waals surface area contributed by atoms with Crippen molar-refractivity contribution in [2.75, 3.05) is 0 Å². The van der Waals surface area contributed by atoms with Crippen LogP contribution in [0, 0.1) is 0 Å². The van der Waals surface area contributed by atoms with Crippen LogP contribution in [0.3, 0.4) is 0 Å². The zero-order valence-electron chi connectivity index (χ0n) is 12.7. The first-order chi connectivity index (χ1) is 11.1. The van der Waals surface area contributed by atoms with Crippen molar-refractivity contribution < 1.29 is 19.2 Å². The molecule has 0 N–H and O–H groups in total. The fourth-order valence-electron chi connectivity index (χ4n) is 2.30. The van der Waals surface area contributed by atoms with Crippen LogP contribution in [0.25, 0.3) is 0 Å². The van der Waals surface area contributed by atoms with E-state index in [0.29, 0.717) is 5.56 Å². The minimum absolute atomic E-state index is 0.109. The van der Waals surface area contributed by atoms with Crippen molar-refractivity contribution >= 4 is 23.1 Å². The van der Waals surface area contributed by atoms with Gasteiger partial charge in [-0.1, -0.05) is 67.6 Å². The summed E-state index contributed by atoms with van der Waals surface area (Å²) in [5, 5.41) is 0. The van der Waals surface area contributed by atoms with Gasteiger partial charge in [0.05, 0.1) is 0 Å². The molecule has 4 heteroatoms. The molecule has 2 aromatic rings. The molecule has 4 nitrogen and oxygen atoms in total. The van der Waals surface area contributed by atoms with E-state index < -0.39 is 23.3 Å². The summed E-state index contributed by atoms with van der Waals surface area (Å²) in [7, 11) is 0. The van der Waals surface area contributed by atoms with Crippen LogP contribution in [0.15, 0.2) is 60.7 Å². The number of hydrogen-bond acceptors (Lipinski definition) is 4. The van der Waals surface area contributed by atoms with E-state index in [2.05, 4.69) is 0 Å². The Morgan fingerprint density at radius 3 is 1.87 bits per heavy atom. The number of ketones is 4. The molecule has 0 aliphatic rings. The lowest BCUT2D eigenvalue weighted by Gasteiger charge is -2.13. The maximum atomic E-state index is 12.5. The summed E-state index contributed by atoms with van der Waals surface area (Å²) in [6.07, 6.45) is 0.109. The first-order valence-electron chi connectivity index (χ1n) is 7.31. The Hall–Kier alpha value is -2.88. The number of benzene rings is 2. The molecule has 116 valence electrons. The van der Waals surface area contributed by atoms with Gasteiger partial charge in [-0.15, -0.1) is 0 Å². The highest BCUT2D eigenvalue weighted by Crippen LogP contribution is 2.20. The summed E-state index contributed by atoms with van der Waals surface area (Å²) < 4.78 is 0. The average molecular weight is 308 g/mol. The Morgan fingerprint density at radius 1 is 0.826 bits per heavy atom. The average Bonchev–Trinajstić information content (AvgIpc) is 2.62. The second-order valence-electron chi connectivity index (χ2n) is 5.05. The molecule has 0 fully saturated rings. The third kappa shape index (κ3) is 3.66. The summed E-state index contributed by atoms with van der Waals surface area (Å²) >= 11 is 0. The number of hydrogen-bond donors (Lipinski definition) is 0. The minimum atomic E-state index is -1.22. The van der Waals surface area contributed by atoms with E-state index >= 15 is 0 Å². The quantitative estimate of drug-likeness (QED) is 0.448. The number of rotatable bonds is 7. The predicted molar refractivity (Wildman–Crippen MR) is 85.3 cm³/mol. The van der Waals surface area contributed by atoms with E-state index in [0.717, 1.165) is 0 Å². The lowest BCUT2D eigenvalue weighted by atomic mass is 9.86. The zero-order valence-corrected chi connectivity index (χ0v) is 12.7. The fraction of sp³-hybridized carbons (Fsp3) is 0.158. The summed E-state index contributed by atoms with van der Waals surface area (Å²) in [6, 6.07) is 16.2. The molecule has 0 amide bonds. The van der Waals surface area contributed by atoms with Gasteiger partial charge >= 0.3 is 0 Å². The van der Waals surface area contributed by atoms with Crippen molar-refractivity contribution in [3.63, 3.8) is 0 Å². The fourth-order valence-corrected chi connectivity index (χ4v) is 2.30. The maximum Gasteiger partial charge on any atom is 0.270 e. The predicted octanol–water partition coefficient (Wildman–Crippen LogP) is 2.77. The smallest absolute Gasteiger partial charge is 0.270 e. The van der Waals surface area contributed by atoms with Crippen molar-refractivity contribution in [3.05, 3.63) is 71.8 Å². The third-order valence-electron chi connectivity index (χ3n) is 3.53. The lowest BCUT2D eigenvalue weighted by molar-refractivity contribution is -0.138. The zero-order chi connectivity index (χ0) is 16.8. The normalized spacial score (nSPS) is 11.5. The Morgan fingerprint density at radius 2 is 1.35 bits per heavy atom. The van der Waals surface area contributed by atoms with Crippen molar-refractivity contribution in [1.29, 1.82) is 0 Å². The minimum Gasteiger partial charge on any atom is -0.299 e. The first kappa shape index (κ1) is 16.5. The van der Waals surface area contributed by atoms with Crippen LogP contribution in [0.4, 0.5) is 0 Å². The molecule has 0 spiro atoms. The molecule has 1 unspecified atom stereocenters. The molecule has 0 heterocycles. The van der Waals surface area contributed by atoms with Gasteiger partial charge in [-0.2, -0.15) is 0 Å². The SMILES string of the molecule is CCC(=O)C(C(=O)C(=O)C(=O)c1ccccc1)c1ccccc1. The molecule has 0 radical (unpaired) electrons. The second-order valence-corrected chi connectivity index (χ2v) is 5.05. The summed E-state index contributed by atoms with van der Waals surface area (Å²) in [5.41, 5.74) is 0.570. The van der Waals surface area contributed by atoms with E-state index in [1.165, 1.54) is 12.1 Å². The molecule has 23 heavy (non-hydrogen) atoms. The Bertz CT molecular complexity index is 732. The van der Waals surface area contributed by atoms with Gasteiger partial charge in [0.15, 0.2) is 0 Å². The van der Waals surface area contributed by atoms with Gasteiger partial charge in [0, 0.05) is 12.0 Å². The van der Waals surface area contributed by atoms with Gasteiger partial charge < -0.3 is 0 Å². The largest absolute Gasteiger partial charge is 0.299 e. The number of carbonyl (C=O) groups is 4. The molecule has 0 aliphatic heterocycles.